The minimum atomic E-state index is 0.133. The zero-order valence-electron chi connectivity index (χ0n) is 7.37. The molecule has 0 atom stereocenters. The fraction of sp³-hybridized carbons (Fsp3) is 0.250. The normalized spacial score (nSPS) is 10.6. The molecule has 2 rings (SSSR count). The number of anilines is 1. The van der Waals surface area contributed by atoms with Gasteiger partial charge in [-0.25, -0.2) is 0 Å². The van der Waals surface area contributed by atoms with E-state index < -0.39 is 0 Å². The molecular weight excluding hydrogens is 170 g/mol. The number of nitrogens with two attached hydrogens (primary N) is 1. The average Bonchev–Trinajstić information content (AvgIpc) is 2.58. The quantitative estimate of drug-likeness (QED) is 0.718. The Labute approximate surface area is 74.5 Å². The molecule has 0 aliphatic carbocycles. The predicted octanol–water partition coefficient (Wildman–Crippen LogP) is 1.53. The maximum Gasteiger partial charge on any atom is 0.263 e. The summed E-state index contributed by atoms with van der Waals surface area (Å²) in [4.78, 5) is 3.90. The van der Waals surface area contributed by atoms with E-state index in [0.717, 1.165) is 17.1 Å². The fourth-order valence-corrected chi connectivity index (χ4v) is 1.19. The first-order chi connectivity index (χ1) is 6.16. The molecule has 0 fully saturated rings. The molecule has 2 aromatic heterocycles. The number of nitrogen functional groups attached to an aromatic ring is 1. The molecule has 0 saturated carbocycles. The van der Waals surface area contributed by atoms with Crippen LogP contribution in [0.5, 0.6) is 0 Å². The second-order valence-electron chi connectivity index (χ2n) is 2.78. The molecule has 0 spiro atoms. The lowest BCUT2D eigenvalue weighted by Gasteiger charge is -1.86. The van der Waals surface area contributed by atoms with Crippen molar-refractivity contribution in [1.29, 1.82) is 0 Å². The topological polar surface area (TPSA) is 78.1 Å². The van der Waals surface area contributed by atoms with Gasteiger partial charge < -0.3 is 14.7 Å². The molecule has 0 aromatic carbocycles. The first-order valence-electron chi connectivity index (χ1n) is 3.83. The minimum Gasteiger partial charge on any atom is -0.466 e. The van der Waals surface area contributed by atoms with Gasteiger partial charge in [-0.2, -0.15) is 4.98 Å². The summed E-state index contributed by atoms with van der Waals surface area (Å²) in [5, 5.41) is 3.49. The van der Waals surface area contributed by atoms with Gasteiger partial charge in [-0.1, -0.05) is 0 Å². The molecule has 5 nitrogen and oxygen atoms in total. The van der Waals surface area contributed by atoms with Crippen LogP contribution in [0.1, 0.15) is 11.5 Å². The molecule has 0 aliphatic rings. The highest BCUT2D eigenvalue weighted by molar-refractivity contribution is 5.56. The predicted molar refractivity (Wildman–Crippen MR) is 45.9 cm³/mol. The molecule has 2 aromatic rings. The van der Waals surface area contributed by atoms with Crippen LogP contribution in [0.4, 0.5) is 5.95 Å². The molecular formula is C8H9N3O2. The van der Waals surface area contributed by atoms with E-state index in [2.05, 4.69) is 10.1 Å². The molecule has 0 saturated heterocycles. The van der Waals surface area contributed by atoms with Crippen LogP contribution in [0.15, 0.2) is 15.0 Å². The Hall–Kier alpha value is -1.78. The number of aromatic nitrogens is 2. The summed E-state index contributed by atoms with van der Waals surface area (Å²) < 4.78 is 10.2. The van der Waals surface area contributed by atoms with Crippen molar-refractivity contribution >= 4 is 5.95 Å². The fourth-order valence-electron chi connectivity index (χ4n) is 1.19. The van der Waals surface area contributed by atoms with Crippen LogP contribution in [0.25, 0.3) is 11.5 Å². The van der Waals surface area contributed by atoms with Gasteiger partial charge in [-0.3, -0.25) is 0 Å². The summed E-state index contributed by atoms with van der Waals surface area (Å²) in [6.07, 6.45) is 0. The summed E-state index contributed by atoms with van der Waals surface area (Å²) in [5.74, 6) is 2.09. The molecule has 2 heterocycles. The number of hydrogen-bond acceptors (Lipinski definition) is 5. The highest BCUT2D eigenvalue weighted by atomic mass is 16.5. The first kappa shape index (κ1) is 7.85. The van der Waals surface area contributed by atoms with Crippen LogP contribution >= 0.6 is 0 Å². The Bertz CT molecular complexity index is 430. The van der Waals surface area contributed by atoms with Gasteiger partial charge in [0.1, 0.15) is 11.5 Å². The van der Waals surface area contributed by atoms with Crippen molar-refractivity contribution in [2.75, 3.05) is 5.73 Å². The second-order valence-corrected chi connectivity index (χ2v) is 2.78. The number of nitrogens with zero attached hydrogens (tertiary/aromatic N) is 2. The molecule has 13 heavy (non-hydrogen) atoms. The van der Waals surface area contributed by atoms with Crippen molar-refractivity contribution < 1.29 is 8.94 Å². The number of aryl methyl sites for hydroxylation is 2. The lowest BCUT2D eigenvalue weighted by molar-refractivity contribution is 0.431. The van der Waals surface area contributed by atoms with E-state index in [0.29, 0.717) is 5.89 Å². The zero-order chi connectivity index (χ0) is 9.42. The first-order valence-corrected chi connectivity index (χ1v) is 3.83. The van der Waals surface area contributed by atoms with Crippen molar-refractivity contribution in [3.63, 3.8) is 0 Å². The van der Waals surface area contributed by atoms with Crippen molar-refractivity contribution in [3.8, 4) is 11.5 Å². The van der Waals surface area contributed by atoms with Crippen LogP contribution in [-0.2, 0) is 0 Å². The van der Waals surface area contributed by atoms with Gasteiger partial charge in [0.05, 0.1) is 5.56 Å². The molecule has 0 radical (unpaired) electrons. The monoisotopic (exact) mass is 179 g/mol. The molecule has 0 unspecified atom stereocenters. The largest absolute Gasteiger partial charge is 0.466 e. The number of rotatable bonds is 1. The standard InChI is InChI=1S/C8H9N3O2/c1-4-3-6(5(2)12-4)7-10-8(9)11-13-7/h3H,1-2H3,(H2,9,11). The molecule has 0 amide bonds. The third-order valence-electron chi connectivity index (χ3n) is 1.71. The van der Waals surface area contributed by atoms with Gasteiger partial charge in [-0.15, -0.1) is 0 Å². The lowest BCUT2D eigenvalue weighted by Crippen LogP contribution is -1.85. The van der Waals surface area contributed by atoms with Crippen molar-refractivity contribution in [1.82, 2.24) is 10.1 Å². The lowest BCUT2D eigenvalue weighted by atomic mass is 10.2. The Morgan fingerprint density at radius 3 is 2.62 bits per heavy atom. The number of furan rings is 1. The van der Waals surface area contributed by atoms with Gasteiger partial charge in [0.25, 0.3) is 11.8 Å². The highest BCUT2D eigenvalue weighted by Crippen LogP contribution is 2.24. The van der Waals surface area contributed by atoms with Gasteiger partial charge in [0, 0.05) is 0 Å². The molecule has 5 heteroatoms. The van der Waals surface area contributed by atoms with E-state index in [1.807, 2.05) is 19.9 Å². The van der Waals surface area contributed by atoms with Crippen molar-refractivity contribution in [3.05, 3.63) is 17.6 Å². The molecule has 68 valence electrons. The van der Waals surface area contributed by atoms with Crippen LogP contribution < -0.4 is 5.73 Å². The van der Waals surface area contributed by atoms with E-state index >= 15 is 0 Å². The smallest absolute Gasteiger partial charge is 0.263 e. The summed E-state index contributed by atoms with van der Waals surface area (Å²) in [7, 11) is 0. The van der Waals surface area contributed by atoms with Gasteiger partial charge in [0.2, 0.25) is 0 Å². The molecule has 2 N–H and O–H groups in total. The Balaban J connectivity index is 2.51. The van der Waals surface area contributed by atoms with E-state index in [4.69, 9.17) is 14.7 Å². The van der Waals surface area contributed by atoms with E-state index in [1.165, 1.54) is 0 Å². The van der Waals surface area contributed by atoms with Crippen molar-refractivity contribution in [2.24, 2.45) is 0 Å². The summed E-state index contributed by atoms with van der Waals surface area (Å²) >= 11 is 0. The Morgan fingerprint density at radius 2 is 2.15 bits per heavy atom. The maximum atomic E-state index is 5.33. The van der Waals surface area contributed by atoms with Gasteiger partial charge >= 0.3 is 0 Å². The van der Waals surface area contributed by atoms with Crippen LogP contribution in [0.3, 0.4) is 0 Å². The summed E-state index contributed by atoms with van der Waals surface area (Å²) in [6.45, 7) is 3.69. The summed E-state index contributed by atoms with van der Waals surface area (Å²) in [6, 6.07) is 1.84. The third kappa shape index (κ3) is 1.28. The second kappa shape index (κ2) is 2.62. The van der Waals surface area contributed by atoms with E-state index in [1.54, 1.807) is 0 Å². The van der Waals surface area contributed by atoms with E-state index in [9.17, 15) is 0 Å². The summed E-state index contributed by atoms with van der Waals surface area (Å²) in [5.41, 5.74) is 6.12. The average molecular weight is 179 g/mol. The van der Waals surface area contributed by atoms with Gasteiger partial charge in [-0.05, 0) is 25.1 Å². The van der Waals surface area contributed by atoms with Crippen LogP contribution in [0.2, 0.25) is 0 Å². The molecule has 0 aliphatic heterocycles. The Kier molecular flexibility index (Phi) is 1.58. The maximum absolute atomic E-state index is 5.33. The zero-order valence-corrected chi connectivity index (χ0v) is 7.37. The minimum absolute atomic E-state index is 0.133. The van der Waals surface area contributed by atoms with E-state index in [-0.39, 0.29) is 5.95 Å². The van der Waals surface area contributed by atoms with Crippen LogP contribution in [-0.4, -0.2) is 10.1 Å². The molecule has 0 bridgehead atoms. The SMILES string of the molecule is Cc1cc(-c2nc(N)no2)c(C)o1. The number of hydrogen-bond donors (Lipinski definition) is 1. The van der Waals surface area contributed by atoms with Crippen LogP contribution in [0, 0.1) is 13.8 Å². The third-order valence-corrected chi connectivity index (χ3v) is 1.71. The van der Waals surface area contributed by atoms with Crippen molar-refractivity contribution in [2.45, 2.75) is 13.8 Å². The highest BCUT2D eigenvalue weighted by Gasteiger charge is 2.13. The Morgan fingerprint density at radius 1 is 1.38 bits per heavy atom. The van der Waals surface area contributed by atoms with Gasteiger partial charge in [0.15, 0.2) is 0 Å².